The second kappa shape index (κ2) is 6.21. The first-order chi connectivity index (χ1) is 9.58. The van der Waals surface area contributed by atoms with Gasteiger partial charge in [-0.25, -0.2) is 4.79 Å². The van der Waals surface area contributed by atoms with E-state index in [0.717, 1.165) is 4.90 Å². The molecule has 0 aromatic heterocycles. The third-order valence-electron chi connectivity index (χ3n) is 2.68. The maximum atomic E-state index is 10.9. The molecule has 102 valence electrons. The summed E-state index contributed by atoms with van der Waals surface area (Å²) in [5.74, 6) is -0.510. The molecule has 0 spiro atoms. The van der Waals surface area contributed by atoms with E-state index in [2.05, 4.69) is 0 Å². The first kappa shape index (κ1) is 14.1. The SMILES string of the molecule is O=C(O)c1ccc(SCc2ccccc2[N+](=O)[O-])cc1. The lowest BCUT2D eigenvalue weighted by atomic mass is 10.2. The van der Waals surface area contributed by atoms with Gasteiger partial charge in [0.1, 0.15) is 0 Å². The lowest BCUT2D eigenvalue weighted by Crippen LogP contribution is -1.95. The molecule has 0 heterocycles. The van der Waals surface area contributed by atoms with Crippen LogP contribution in [0.15, 0.2) is 53.4 Å². The molecular formula is C14H11NO4S. The highest BCUT2D eigenvalue weighted by Crippen LogP contribution is 2.27. The largest absolute Gasteiger partial charge is 0.478 e. The van der Waals surface area contributed by atoms with Crippen LogP contribution in [-0.2, 0) is 5.75 Å². The smallest absolute Gasteiger partial charge is 0.335 e. The van der Waals surface area contributed by atoms with Crippen molar-refractivity contribution < 1.29 is 14.8 Å². The molecule has 0 saturated heterocycles. The van der Waals surface area contributed by atoms with Crippen molar-refractivity contribution in [2.45, 2.75) is 10.6 Å². The van der Waals surface area contributed by atoms with Crippen molar-refractivity contribution in [3.05, 3.63) is 69.8 Å². The lowest BCUT2D eigenvalue weighted by molar-refractivity contribution is -0.385. The summed E-state index contributed by atoms with van der Waals surface area (Å²) in [7, 11) is 0. The number of para-hydroxylation sites is 1. The third kappa shape index (κ3) is 3.36. The molecule has 0 fully saturated rings. The Labute approximate surface area is 119 Å². The summed E-state index contributed by atoms with van der Waals surface area (Å²) in [6, 6.07) is 13.0. The van der Waals surface area contributed by atoms with Crippen molar-refractivity contribution in [2.24, 2.45) is 0 Å². The number of benzene rings is 2. The predicted octanol–water partition coefficient (Wildman–Crippen LogP) is 3.59. The Morgan fingerprint density at radius 3 is 2.40 bits per heavy atom. The summed E-state index contributed by atoms with van der Waals surface area (Å²) in [5.41, 5.74) is 0.965. The van der Waals surface area contributed by atoms with Crippen molar-refractivity contribution in [1.82, 2.24) is 0 Å². The highest BCUT2D eigenvalue weighted by atomic mass is 32.2. The van der Waals surface area contributed by atoms with Crippen LogP contribution >= 0.6 is 11.8 Å². The molecule has 2 rings (SSSR count). The fraction of sp³-hybridized carbons (Fsp3) is 0.0714. The number of hydrogen-bond donors (Lipinski definition) is 1. The highest BCUT2D eigenvalue weighted by molar-refractivity contribution is 7.98. The standard InChI is InChI=1S/C14H11NO4S/c16-14(17)10-5-7-12(8-6-10)20-9-11-3-1-2-4-13(11)15(18)19/h1-8H,9H2,(H,16,17). The van der Waals surface area contributed by atoms with Crippen LogP contribution in [0.2, 0.25) is 0 Å². The maximum Gasteiger partial charge on any atom is 0.335 e. The number of hydrogen-bond acceptors (Lipinski definition) is 4. The Hall–Kier alpha value is -2.34. The van der Waals surface area contributed by atoms with E-state index >= 15 is 0 Å². The van der Waals surface area contributed by atoms with Crippen LogP contribution in [0.4, 0.5) is 5.69 Å². The highest BCUT2D eigenvalue weighted by Gasteiger charge is 2.12. The van der Waals surface area contributed by atoms with E-state index in [1.54, 1.807) is 30.3 Å². The van der Waals surface area contributed by atoms with E-state index < -0.39 is 10.9 Å². The number of carboxylic acids is 1. The molecule has 0 radical (unpaired) electrons. The summed E-state index contributed by atoms with van der Waals surface area (Å²) in [4.78, 5) is 22.1. The molecule has 20 heavy (non-hydrogen) atoms. The molecule has 0 atom stereocenters. The molecule has 2 aromatic carbocycles. The fourth-order valence-electron chi connectivity index (χ4n) is 1.67. The van der Waals surface area contributed by atoms with Gasteiger partial charge in [0.25, 0.3) is 5.69 Å². The number of aromatic carboxylic acids is 1. The topological polar surface area (TPSA) is 80.4 Å². The molecule has 0 aliphatic carbocycles. The van der Waals surface area contributed by atoms with Crippen LogP contribution in [0.5, 0.6) is 0 Å². The number of nitro groups is 1. The molecule has 6 heteroatoms. The van der Waals surface area contributed by atoms with Crippen LogP contribution in [0.25, 0.3) is 0 Å². The summed E-state index contributed by atoms with van der Waals surface area (Å²) in [6.45, 7) is 0. The van der Waals surface area contributed by atoms with Crippen molar-refractivity contribution in [1.29, 1.82) is 0 Å². The van der Waals surface area contributed by atoms with Crippen molar-refractivity contribution in [2.75, 3.05) is 0 Å². The molecule has 0 bridgehead atoms. The minimum atomic E-state index is -0.972. The van der Waals surface area contributed by atoms with Gasteiger partial charge in [0.15, 0.2) is 0 Å². The average Bonchev–Trinajstić information content (AvgIpc) is 2.45. The summed E-state index contributed by atoms with van der Waals surface area (Å²) in [5, 5.41) is 19.7. The van der Waals surface area contributed by atoms with Gasteiger partial charge >= 0.3 is 5.97 Å². The van der Waals surface area contributed by atoms with Crippen LogP contribution < -0.4 is 0 Å². The minimum Gasteiger partial charge on any atom is -0.478 e. The minimum absolute atomic E-state index is 0.0992. The first-order valence-corrected chi connectivity index (χ1v) is 6.75. The van der Waals surface area contributed by atoms with E-state index in [1.165, 1.54) is 30.0 Å². The Bertz CT molecular complexity index is 640. The molecule has 0 saturated carbocycles. The fourth-order valence-corrected chi connectivity index (χ4v) is 2.56. The Kier molecular flexibility index (Phi) is 4.37. The quantitative estimate of drug-likeness (QED) is 0.517. The second-order valence-corrected chi connectivity index (χ2v) is 5.05. The number of nitrogens with zero attached hydrogens (tertiary/aromatic N) is 1. The van der Waals surface area contributed by atoms with Gasteiger partial charge in [-0.15, -0.1) is 11.8 Å². The zero-order valence-electron chi connectivity index (χ0n) is 10.4. The van der Waals surface area contributed by atoms with Crippen LogP contribution in [0, 0.1) is 10.1 Å². The Morgan fingerprint density at radius 1 is 1.15 bits per heavy atom. The molecule has 0 amide bonds. The van der Waals surface area contributed by atoms with Gasteiger partial charge in [-0.3, -0.25) is 10.1 Å². The summed E-state index contributed by atoms with van der Waals surface area (Å²) in [6.07, 6.45) is 0. The summed E-state index contributed by atoms with van der Waals surface area (Å²) >= 11 is 1.43. The molecule has 5 nitrogen and oxygen atoms in total. The second-order valence-electron chi connectivity index (χ2n) is 4.00. The molecule has 2 aromatic rings. The van der Waals surface area contributed by atoms with E-state index in [-0.39, 0.29) is 11.3 Å². The summed E-state index contributed by atoms with van der Waals surface area (Å²) < 4.78 is 0. The van der Waals surface area contributed by atoms with E-state index in [4.69, 9.17) is 5.11 Å². The van der Waals surface area contributed by atoms with Gasteiger partial charge in [0, 0.05) is 22.3 Å². The molecular weight excluding hydrogens is 278 g/mol. The Balaban J connectivity index is 2.09. The maximum absolute atomic E-state index is 10.9. The number of carbonyl (C=O) groups is 1. The molecule has 0 aliphatic heterocycles. The third-order valence-corrected chi connectivity index (χ3v) is 3.74. The Morgan fingerprint density at radius 2 is 1.80 bits per heavy atom. The zero-order chi connectivity index (χ0) is 14.5. The number of carboxylic acid groups (broad SMARTS) is 1. The molecule has 0 unspecified atom stereocenters. The number of nitro benzene ring substituents is 1. The van der Waals surface area contributed by atoms with E-state index in [9.17, 15) is 14.9 Å². The first-order valence-electron chi connectivity index (χ1n) is 5.76. The molecule has 0 aliphatic rings. The van der Waals surface area contributed by atoms with Gasteiger partial charge < -0.3 is 5.11 Å². The normalized spacial score (nSPS) is 10.2. The average molecular weight is 289 g/mol. The van der Waals surface area contributed by atoms with Gasteiger partial charge in [-0.2, -0.15) is 0 Å². The molecule has 1 N–H and O–H groups in total. The zero-order valence-corrected chi connectivity index (χ0v) is 11.2. The van der Waals surface area contributed by atoms with Crippen LogP contribution in [0.1, 0.15) is 15.9 Å². The number of rotatable bonds is 5. The van der Waals surface area contributed by atoms with Gasteiger partial charge in [-0.1, -0.05) is 18.2 Å². The van der Waals surface area contributed by atoms with Gasteiger partial charge in [0.2, 0.25) is 0 Å². The van der Waals surface area contributed by atoms with Crippen LogP contribution in [-0.4, -0.2) is 16.0 Å². The monoisotopic (exact) mass is 289 g/mol. The van der Waals surface area contributed by atoms with Crippen molar-refractivity contribution in [3.8, 4) is 0 Å². The predicted molar refractivity (Wildman–Crippen MR) is 76.1 cm³/mol. The number of thioether (sulfide) groups is 1. The van der Waals surface area contributed by atoms with E-state index in [0.29, 0.717) is 11.3 Å². The van der Waals surface area contributed by atoms with Crippen LogP contribution in [0.3, 0.4) is 0 Å². The lowest BCUT2D eigenvalue weighted by Gasteiger charge is -2.03. The van der Waals surface area contributed by atoms with Gasteiger partial charge in [-0.05, 0) is 24.3 Å². The van der Waals surface area contributed by atoms with E-state index in [1.807, 2.05) is 0 Å². The van der Waals surface area contributed by atoms with Crippen molar-refractivity contribution >= 4 is 23.4 Å². The van der Waals surface area contributed by atoms with Gasteiger partial charge in [0.05, 0.1) is 10.5 Å². The van der Waals surface area contributed by atoms with Crippen molar-refractivity contribution in [3.63, 3.8) is 0 Å².